The van der Waals surface area contributed by atoms with E-state index >= 15 is 0 Å². The Kier molecular flexibility index (Phi) is 3.77. The van der Waals surface area contributed by atoms with Gasteiger partial charge in [0.1, 0.15) is 17.0 Å². The molecule has 1 aromatic rings. The smallest absolute Gasteiger partial charge is 0.259 e. The van der Waals surface area contributed by atoms with Crippen LogP contribution in [0.1, 0.15) is 55.4 Å². The average molecular weight is 308 g/mol. The Balaban J connectivity index is 1.77. The zero-order valence-corrected chi connectivity index (χ0v) is 13.8. The summed E-state index contributed by atoms with van der Waals surface area (Å²) in [5.41, 5.74) is 1.11. The van der Waals surface area contributed by atoms with Crippen LogP contribution in [0.3, 0.4) is 0 Å². The van der Waals surface area contributed by atoms with E-state index in [0.717, 1.165) is 5.69 Å². The van der Waals surface area contributed by atoms with E-state index in [1.807, 2.05) is 25.7 Å². The summed E-state index contributed by atoms with van der Waals surface area (Å²) in [6.45, 7) is 10.5. The predicted octanol–water partition coefficient (Wildman–Crippen LogP) is 2.26. The van der Waals surface area contributed by atoms with Crippen LogP contribution in [-0.2, 0) is 14.9 Å². The van der Waals surface area contributed by atoms with Crippen LogP contribution in [0.25, 0.3) is 0 Å². The van der Waals surface area contributed by atoms with Gasteiger partial charge in [-0.15, -0.1) is 0 Å². The Hall–Kier alpha value is -1.40. The number of rotatable bonds is 1. The lowest BCUT2D eigenvalue weighted by Gasteiger charge is -2.37. The van der Waals surface area contributed by atoms with E-state index in [1.54, 1.807) is 6.92 Å². The number of carbonyl (C=O) groups is 1. The molecule has 6 nitrogen and oxygen atoms in total. The first kappa shape index (κ1) is 15.5. The van der Waals surface area contributed by atoms with Crippen molar-refractivity contribution in [3.05, 3.63) is 17.0 Å². The maximum absolute atomic E-state index is 12.9. The van der Waals surface area contributed by atoms with Crippen molar-refractivity contribution in [1.29, 1.82) is 0 Å². The van der Waals surface area contributed by atoms with Crippen LogP contribution >= 0.6 is 0 Å². The van der Waals surface area contributed by atoms with Crippen molar-refractivity contribution in [2.45, 2.75) is 51.7 Å². The summed E-state index contributed by atoms with van der Waals surface area (Å²) in [5.74, 6) is 0.118. The molecule has 122 valence electrons. The lowest BCUT2D eigenvalue weighted by Crippen LogP contribution is -2.47. The predicted molar refractivity (Wildman–Crippen MR) is 79.7 cm³/mol. The van der Waals surface area contributed by atoms with Crippen LogP contribution in [0, 0.1) is 6.92 Å². The van der Waals surface area contributed by atoms with E-state index < -0.39 is 5.79 Å². The average Bonchev–Trinajstić information content (AvgIpc) is 3.06. The molecule has 0 radical (unpaired) electrons. The number of carbonyl (C=O) groups excluding carboxylic acids is 1. The number of nitrogens with zero attached hydrogens (tertiary/aromatic N) is 2. The van der Waals surface area contributed by atoms with E-state index in [4.69, 9.17) is 14.0 Å². The van der Waals surface area contributed by atoms with Crippen LogP contribution in [-0.4, -0.2) is 48.1 Å². The second-order valence-electron chi connectivity index (χ2n) is 7.11. The van der Waals surface area contributed by atoms with Crippen LogP contribution in [0.15, 0.2) is 4.52 Å². The van der Waals surface area contributed by atoms with Crippen molar-refractivity contribution in [2.24, 2.45) is 0 Å². The molecule has 6 heteroatoms. The van der Waals surface area contributed by atoms with Gasteiger partial charge in [0, 0.05) is 31.3 Å². The fraction of sp³-hybridized carbons (Fsp3) is 0.750. The third-order valence-electron chi connectivity index (χ3n) is 4.41. The van der Waals surface area contributed by atoms with Crippen molar-refractivity contribution < 1.29 is 18.8 Å². The first-order chi connectivity index (χ1) is 10.3. The SMILES string of the molecule is Cc1onc(C(C)(C)C)c1C(=O)N1CCC2(CC1)OCCO2. The number of amides is 1. The van der Waals surface area contributed by atoms with Crippen molar-refractivity contribution in [2.75, 3.05) is 26.3 Å². The highest BCUT2D eigenvalue weighted by molar-refractivity contribution is 5.96. The molecule has 0 saturated carbocycles. The van der Waals surface area contributed by atoms with Gasteiger partial charge in [-0.05, 0) is 6.92 Å². The maximum Gasteiger partial charge on any atom is 0.259 e. The van der Waals surface area contributed by atoms with Gasteiger partial charge in [0.25, 0.3) is 5.91 Å². The number of hydrogen-bond donors (Lipinski definition) is 0. The molecular weight excluding hydrogens is 284 g/mol. The lowest BCUT2D eigenvalue weighted by atomic mass is 9.88. The van der Waals surface area contributed by atoms with Gasteiger partial charge in [-0.3, -0.25) is 4.79 Å². The Labute approximate surface area is 130 Å². The number of hydrogen-bond acceptors (Lipinski definition) is 5. The van der Waals surface area contributed by atoms with E-state index in [2.05, 4.69) is 5.16 Å². The lowest BCUT2D eigenvalue weighted by molar-refractivity contribution is -0.181. The molecule has 1 spiro atoms. The third kappa shape index (κ3) is 2.65. The summed E-state index contributed by atoms with van der Waals surface area (Å²) >= 11 is 0. The number of likely N-dealkylation sites (tertiary alicyclic amines) is 1. The van der Waals surface area contributed by atoms with Crippen molar-refractivity contribution in [3.63, 3.8) is 0 Å². The molecule has 2 fully saturated rings. The highest BCUT2D eigenvalue weighted by Gasteiger charge is 2.42. The molecule has 2 aliphatic heterocycles. The molecule has 2 aliphatic rings. The Morgan fingerprint density at radius 3 is 2.32 bits per heavy atom. The normalized spacial score (nSPS) is 21.5. The summed E-state index contributed by atoms with van der Waals surface area (Å²) in [6.07, 6.45) is 1.43. The maximum atomic E-state index is 12.9. The first-order valence-corrected chi connectivity index (χ1v) is 7.86. The van der Waals surface area contributed by atoms with E-state index in [-0.39, 0.29) is 11.3 Å². The fourth-order valence-electron chi connectivity index (χ4n) is 3.13. The van der Waals surface area contributed by atoms with Crippen LogP contribution in [0.4, 0.5) is 0 Å². The Bertz CT molecular complexity index is 557. The molecule has 0 aromatic carbocycles. The standard InChI is InChI=1S/C16H24N2O4/c1-11-12(13(17-22-11)15(2,3)4)14(19)18-7-5-16(6-8-18)20-9-10-21-16/h5-10H2,1-4H3. The van der Waals surface area contributed by atoms with Gasteiger partial charge in [0.05, 0.1) is 13.2 Å². The summed E-state index contributed by atoms with van der Waals surface area (Å²) in [7, 11) is 0. The van der Waals surface area contributed by atoms with Gasteiger partial charge in [-0.1, -0.05) is 25.9 Å². The largest absolute Gasteiger partial charge is 0.361 e. The fourth-order valence-corrected chi connectivity index (χ4v) is 3.13. The van der Waals surface area contributed by atoms with Gasteiger partial charge in [0.2, 0.25) is 0 Å². The highest BCUT2D eigenvalue weighted by Crippen LogP contribution is 2.33. The zero-order chi connectivity index (χ0) is 16.0. The minimum absolute atomic E-state index is 0.00322. The van der Waals surface area contributed by atoms with Crippen molar-refractivity contribution >= 4 is 5.91 Å². The molecule has 22 heavy (non-hydrogen) atoms. The number of aryl methyl sites for hydroxylation is 1. The van der Waals surface area contributed by atoms with Crippen LogP contribution in [0.5, 0.6) is 0 Å². The van der Waals surface area contributed by atoms with Crippen LogP contribution < -0.4 is 0 Å². The molecular formula is C16H24N2O4. The molecule has 3 rings (SSSR count). The topological polar surface area (TPSA) is 64.8 Å². The first-order valence-electron chi connectivity index (χ1n) is 7.86. The summed E-state index contributed by atoms with van der Waals surface area (Å²) in [4.78, 5) is 14.7. The molecule has 3 heterocycles. The molecule has 2 saturated heterocycles. The second-order valence-corrected chi connectivity index (χ2v) is 7.11. The van der Waals surface area contributed by atoms with E-state index in [0.29, 0.717) is 50.5 Å². The van der Waals surface area contributed by atoms with Crippen molar-refractivity contribution in [1.82, 2.24) is 10.1 Å². The molecule has 1 aromatic heterocycles. The molecule has 1 amide bonds. The summed E-state index contributed by atoms with van der Waals surface area (Å²) < 4.78 is 16.7. The van der Waals surface area contributed by atoms with Gasteiger partial charge >= 0.3 is 0 Å². The Morgan fingerprint density at radius 1 is 1.18 bits per heavy atom. The quantitative estimate of drug-likeness (QED) is 0.796. The monoisotopic (exact) mass is 308 g/mol. The number of ether oxygens (including phenoxy) is 2. The highest BCUT2D eigenvalue weighted by atomic mass is 16.7. The molecule has 0 atom stereocenters. The summed E-state index contributed by atoms with van der Waals surface area (Å²) in [5, 5.41) is 4.10. The summed E-state index contributed by atoms with van der Waals surface area (Å²) in [6, 6.07) is 0. The number of piperidine rings is 1. The van der Waals surface area contributed by atoms with E-state index in [1.165, 1.54) is 0 Å². The Morgan fingerprint density at radius 2 is 1.77 bits per heavy atom. The van der Waals surface area contributed by atoms with Gasteiger partial charge < -0.3 is 18.9 Å². The molecule has 0 unspecified atom stereocenters. The minimum Gasteiger partial charge on any atom is -0.361 e. The van der Waals surface area contributed by atoms with Crippen molar-refractivity contribution in [3.8, 4) is 0 Å². The van der Waals surface area contributed by atoms with Gasteiger partial charge in [-0.25, -0.2) is 0 Å². The van der Waals surface area contributed by atoms with Gasteiger partial charge in [0.15, 0.2) is 5.79 Å². The molecule has 0 bridgehead atoms. The second kappa shape index (κ2) is 5.35. The van der Waals surface area contributed by atoms with Crippen LogP contribution in [0.2, 0.25) is 0 Å². The molecule has 0 aliphatic carbocycles. The van der Waals surface area contributed by atoms with Gasteiger partial charge in [-0.2, -0.15) is 0 Å². The minimum atomic E-state index is -0.465. The van der Waals surface area contributed by atoms with E-state index in [9.17, 15) is 4.79 Å². The third-order valence-corrected chi connectivity index (χ3v) is 4.41. The number of aromatic nitrogens is 1. The zero-order valence-electron chi connectivity index (χ0n) is 13.8. The molecule has 0 N–H and O–H groups in total.